The molecule has 0 saturated carbocycles. The predicted octanol–water partition coefficient (Wildman–Crippen LogP) is 1.87. The van der Waals surface area contributed by atoms with Crippen LogP contribution in [0.3, 0.4) is 0 Å². The van der Waals surface area contributed by atoms with Crippen LogP contribution in [0.2, 0.25) is 0 Å². The summed E-state index contributed by atoms with van der Waals surface area (Å²) in [7, 11) is 0. The van der Waals surface area contributed by atoms with E-state index >= 15 is 0 Å². The molecular formula is C8H14F3N3. The number of hydrogen-bond donors (Lipinski definition) is 0. The molecule has 1 heterocycles. The van der Waals surface area contributed by atoms with Gasteiger partial charge in [-0.1, -0.05) is 6.92 Å². The van der Waals surface area contributed by atoms with E-state index in [9.17, 15) is 13.2 Å². The average Bonchev–Trinajstić information content (AvgIpc) is 2.47. The highest BCUT2D eigenvalue weighted by molar-refractivity contribution is 5.57. The molecule has 0 radical (unpaired) electrons. The van der Waals surface area contributed by atoms with Crippen molar-refractivity contribution in [3.8, 4) is 0 Å². The van der Waals surface area contributed by atoms with E-state index in [1.165, 1.54) is 11.2 Å². The van der Waals surface area contributed by atoms with E-state index in [0.29, 0.717) is 13.0 Å². The standard InChI is InChI=1S/C8H14F3N3/c1-3-5-13-6-12-14(4-2)7(13)8(9,10)11/h6-7H,3-5H2,1-2H3. The molecule has 1 atom stereocenters. The van der Waals surface area contributed by atoms with Crippen molar-refractivity contribution in [2.24, 2.45) is 5.10 Å². The van der Waals surface area contributed by atoms with E-state index in [4.69, 9.17) is 0 Å². The molecule has 1 unspecified atom stereocenters. The fourth-order valence-electron chi connectivity index (χ4n) is 1.48. The summed E-state index contributed by atoms with van der Waals surface area (Å²) in [6, 6.07) is 0. The monoisotopic (exact) mass is 209 g/mol. The van der Waals surface area contributed by atoms with Crippen LogP contribution in [0.15, 0.2) is 5.10 Å². The molecule has 6 heteroatoms. The molecule has 0 amide bonds. The third-order valence-electron chi connectivity index (χ3n) is 2.04. The van der Waals surface area contributed by atoms with Crippen LogP contribution in [0, 0.1) is 0 Å². The van der Waals surface area contributed by atoms with Crippen molar-refractivity contribution in [1.29, 1.82) is 0 Å². The van der Waals surface area contributed by atoms with Gasteiger partial charge in [0.1, 0.15) is 6.34 Å². The van der Waals surface area contributed by atoms with Gasteiger partial charge in [-0.15, -0.1) is 0 Å². The summed E-state index contributed by atoms with van der Waals surface area (Å²) in [6.07, 6.45) is -3.88. The van der Waals surface area contributed by atoms with Gasteiger partial charge in [-0.3, -0.25) is 5.01 Å². The van der Waals surface area contributed by atoms with Crippen LogP contribution < -0.4 is 0 Å². The first-order valence-electron chi connectivity index (χ1n) is 4.64. The molecule has 0 spiro atoms. The van der Waals surface area contributed by atoms with Gasteiger partial charge >= 0.3 is 6.18 Å². The Labute approximate surface area is 81.2 Å². The number of nitrogens with zero attached hydrogens (tertiary/aromatic N) is 3. The molecule has 0 saturated heterocycles. The zero-order valence-electron chi connectivity index (χ0n) is 8.25. The molecule has 0 aromatic rings. The Hall–Kier alpha value is -0.940. The van der Waals surface area contributed by atoms with Gasteiger partial charge < -0.3 is 4.90 Å². The second-order valence-electron chi connectivity index (χ2n) is 3.14. The molecule has 82 valence electrons. The summed E-state index contributed by atoms with van der Waals surface area (Å²) in [5.74, 6) is 0. The van der Waals surface area contributed by atoms with Gasteiger partial charge in [0.05, 0.1) is 0 Å². The van der Waals surface area contributed by atoms with Crippen molar-refractivity contribution in [2.45, 2.75) is 32.6 Å². The molecule has 14 heavy (non-hydrogen) atoms. The van der Waals surface area contributed by atoms with Crippen molar-refractivity contribution in [3.05, 3.63) is 0 Å². The minimum atomic E-state index is -4.25. The maximum absolute atomic E-state index is 12.6. The minimum absolute atomic E-state index is 0.265. The number of rotatable bonds is 3. The van der Waals surface area contributed by atoms with Gasteiger partial charge in [-0.2, -0.15) is 18.3 Å². The number of hydrogen-bond acceptors (Lipinski definition) is 3. The molecular weight excluding hydrogens is 195 g/mol. The maximum Gasteiger partial charge on any atom is 0.429 e. The summed E-state index contributed by atoms with van der Waals surface area (Å²) in [5, 5.41) is 4.77. The Morgan fingerprint density at radius 3 is 2.43 bits per heavy atom. The Morgan fingerprint density at radius 1 is 1.36 bits per heavy atom. The third kappa shape index (κ3) is 2.10. The topological polar surface area (TPSA) is 18.8 Å². The van der Waals surface area contributed by atoms with Gasteiger partial charge in [0.15, 0.2) is 0 Å². The lowest BCUT2D eigenvalue weighted by Gasteiger charge is -2.31. The van der Waals surface area contributed by atoms with E-state index in [0.717, 1.165) is 5.01 Å². The minimum Gasteiger partial charge on any atom is -0.332 e. The van der Waals surface area contributed by atoms with Crippen molar-refractivity contribution >= 4 is 6.34 Å². The van der Waals surface area contributed by atoms with Crippen molar-refractivity contribution in [3.63, 3.8) is 0 Å². The summed E-state index contributed by atoms with van der Waals surface area (Å²) >= 11 is 0. The molecule has 1 aliphatic heterocycles. The molecule has 0 bridgehead atoms. The van der Waals surface area contributed by atoms with E-state index < -0.39 is 12.3 Å². The fraction of sp³-hybridized carbons (Fsp3) is 0.875. The second-order valence-corrected chi connectivity index (χ2v) is 3.14. The first-order chi connectivity index (χ1) is 6.50. The summed E-state index contributed by atoms with van der Waals surface area (Å²) in [5.41, 5.74) is 0. The normalized spacial score (nSPS) is 22.2. The van der Waals surface area contributed by atoms with E-state index in [2.05, 4.69) is 5.10 Å². The number of alkyl halides is 3. The molecule has 0 aliphatic carbocycles. The largest absolute Gasteiger partial charge is 0.429 e. The molecule has 1 aliphatic rings. The quantitative estimate of drug-likeness (QED) is 0.706. The first-order valence-corrected chi connectivity index (χ1v) is 4.64. The predicted molar refractivity (Wildman–Crippen MR) is 47.7 cm³/mol. The van der Waals surface area contributed by atoms with Crippen molar-refractivity contribution in [2.75, 3.05) is 13.1 Å². The first kappa shape index (κ1) is 11.1. The van der Waals surface area contributed by atoms with Gasteiger partial charge in [-0.05, 0) is 13.3 Å². The number of hydrazone groups is 1. The Kier molecular flexibility index (Phi) is 3.23. The van der Waals surface area contributed by atoms with Gasteiger partial charge in [0.25, 0.3) is 0 Å². The molecule has 3 nitrogen and oxygen atoms in total. The van der Waals surface area contributed by atoms with Gasteiger partial charge in [0.2, 0.25) is 6.17 Å². The second kappa shape index (κ2) is 4.06. The molecule has 1 rings (SSSR count). The van der Waals surface area contributed by atoms with Gasteiger partial charge in [0, 0.05) is 13.1 Å². The average molecular weight is 209 g/mol. The fourth-order valence-corrected chi connectivity index (χ4v) is 1.48. The van der Waals surface area contributed by atoms with Crippen LogP contribution in [0.25, 0.3) is 0 Å². The van der Waals surface area contributed by atoms with E-state index in [-0.39, 0.29) is 6.54 Å². The summed E-state index contributed by atoms with van der Waals surface area (Å²) < 4.78 is 37.8. The third-order valence-corrected chi connectivity index (χ3v) is 2.04. The van der Waals surface area contributed by atoms with Crippen molar-refractivity contribution in [1.82, 2.24) is 9.91 Å². The highest BCUT2D eigenvalue weighted by Gasteiger charge is 2.48. The molecule has 0 fully saturated rings. The van der Waals surface area contributed by atoms with Crippen molar-refractivity contribution < 1.29 is 13.2 Å². The number of halogens is 3. The lowest BCUT2D eigenvalue weighted by molar-refractivity contribution is -0.206. The Balaban J connectivity index is 2.74. The lowest BCUT2D eigenvalue weighted by Crippen LogP contribution is -2.50. The van der Waals surface area contributed by atoms with Gasteiger partial charge in [-0.25, -0.2) is 0 Å². The smallest absolute Gasteiger partial charge is 0.332 e. The molecule has 0 aromatic heterocycles. The SMILES string of the molecule is CCCN1C=NN(CC)C1C(F)(F)F. The Morgan fingerprint density at radius 2 is 2.00 bits per heavy atom. The van der Waals surface area contributed by atoms with Crippen LogP contribution in [0.5, 0.6) is 0 Å². The Bertz CT molecular complexity index is 214. The zero-order valence-corrected chi connectivity index (χ0v) is 8.25. The van der Waals surface area contributed by atoms with Crippen LogP contribution in [0.4, 0.5) is 13.2 Å². The molecule has 0 N–H and O–H groups in total. The summed E-state index contributed by atoms with van der Waals surface area (Å²) in [6.45, 7) is 4.15. The van der Waals surface area contributed by atoms with Crippen LogP contribution >= 0.6 is 0 Å². The van der Waals surface area contributed by atoms with Crippen LogP contribution in [-0.4, -0.2) is 41.7 Å². The zero-order chi connectivity index (χ0) is 10.8. The van der Waals surface area contributed by atoms with E-state index in [1.54, 1.807) is 6.92 Å². The van der Waals surface area contributed by atoms with Crippen LogP contribution in [-0.2, 0) is 0 Å². The summed E-state index contributed by atoms with van der Waals surface area (Å²) in [4.78, 5) is 1.23. The lowest BCUT2D eigenvalue weighted by atomic mass is 10.3. The maximum atomic E-state index is 12.6. The van der Waals surface area contributed by atoms with Crippen LogP contribution in [0.1, 0.15) is 20.3 Å². The highest BCUT2D eigenvalue weighted by Crippen LogP contribution is 2.29. The highest BCUT2D eigenvalue weighted by atomic mass is 19.4. The van der Waals surface area contributed by atoms with E-state index in [1.807, 2.05) is 6.92 Å². The molecule has 0 aromatic carbocycles.